The summed E-state index contributed by atoms with van der Waals surface area (Å²) in [5.41, 5.74) is 0.833. The van der Waals surface area contributed by atoms with E-state index in [4.69, 9.17) is 0 Å². The van der Waals surface area contributed by atoms with E-state index in [1.165, 1.54) is 13.0 Å². The molecule has 18 heavy (non-hydrogen) atoms. The molecule has 2 aromatic rings. The first-order valence-electron chi connectivity index (χ1n) is 5.54. The first-order valence-corrected chi connectivity index (χ1v) is 5.54. The van der Waals surface area contributed by atoms with Crippen molar-refractivity contribution in [2.45, 2.75) is 13.8 Å². The fourth-order valence-electron chi connectivity index (χ4n) is 1.98. The summed E-state index contributed by atoms with van der Waals surface area (Å²) in [5.74, 6) is -0.576. The number of aryl methyl sites for hydroxylation is 1. The monoisotopic (exact) mass is 243 g/mol. The fourth-order valence-corrected chi connectivity index (χ4v) is 1.98. The van der Waals surface area contributed by atoms with Crippen LogP contribution < -0.4 is 5.56 Å². The summed E-state index contributed by atoms with van der Waals surface area (Å²) >= 11 is 0. The molecule has 92 valence electrons. The van der Waals surface area contributed by atoms with Crippen molar-refractivity contribution in [2.24, 2.45) is 0 Å². The SMILES string of the molecule is CC(=O)c1c(C)cc(=O)n(-c2ccccc2)c1O. The Bertz CT molecular complexity index is 657. The lowest BCUT2D eigenvalue weighted by Gasteiger charge is -2.12. The molecule has 0 saturated carbocycles. The highest BCUT2D eigenvalue weighted by molar-refractivity contribution is 5.97. The van der Waals surface area contributed by atoms with Crippen molar-refractivity contribution < 1.29 is 9.90 Å². The number of carbonyl (C=O) groups excluding carboxylic acids is 1. The van der Waals surface area contributed by atoms with Gasteiger partial charge < -0.3 is 5.11 Å². The first-order chi connectivity index (χ1) is 8.52. The Kier molecular flexibility index (Phi) is 3.02. The average molecular weight is 243 g/mol. The van der Waals surface area contributed by atoms with Crippen LogP contribution in [-0.2, 0) is 0 Å². The minimum atomic E-state index is -0.360. The average Bonchev–Trinajstić information content (AvgIpc) is 2.28. The number of para-hydroxylation sites is 1. The van der Waals surface area contributed by atoms with Gasteiger partial charge in [0.1, 0.15) is 0 Å². The number of hydrogen-bond acceptors (Lipinski definition) is 3. The number of aromatic nitrogens is 1. The van der Waals surface area contributed by atoms with Crippen LogP contribution >= 0.6 is 0 Å². The Balaban J connectivity index is 2.81. The molecule has 1 aromatic heterocycles. The fraction of sp³-hybridized carbons (Fsp3) is 0.143. The van der Waals surface area contributed by atoms with Crippen LogP contribution in [0.25, 0.3) is 5.69 Å². The lowest BCUT2D eigenvalue weighted by atomic mass is 10.1. The normalized spacial score (nSPS) is 10.3. The lowest BCUT2D eigenvalue weighted by Crippen LogP contribution is -2.20. The van der Waals surface area contributed by atoms with E-state index < -0.39 is 0 Å². The summed E-state index contributed by atoms with van der Waals surface area (Å²) in [6.45, 7) is 3.00. The number of carbonyl (C=O) groups is 1. The van der Waals surface area contributed by atoms with Crippen molar-refractivity contribution in [2.75, 3.05) is 0 Å². The number of hydrogen-bond donors (Lipinski definition) is 1. The highest BCUT2D eigenvalue weighted by Crippen LogP contribution is 2.22. The molecule has 4 nitrogen and oxygen atoms in total. The second kappa shape index (κ2) is 4.49. The van der Waals surface area contributed by atoms with Gasteiger partial charge in [0.05, 0.1) is 11.3 Å². The Morgan fingerprint density at radius 3 is 2.39 bits per heavy atom. The number of Topliss-reactive ketones (excluding diaryl/α,β-unsaturated/α-hetero) is 1. The topological polar surface area (TPSA) is 59.3 Å². The van der Waals surface area contributed by atoms with Gasteiger partial charge >= 0.3 is 0 Å². The number of ketones is 1. The van der Waals surface area contributed by atoms with Crippen molar-refractivity contribution in [1.29, 1.82) is 0 Å². The van der Waals surface area contributed by atoms with E-state index >= 15 is 0 Å². The Morgan fingerprint density at radius 2 is 1.83 bits per heavy atom. The van der Waals surface area contributed by atoms with Gasteiger partial charge in [0, 0.05) is 6.07 Å². The van der Waals surface area contributed by atoms with E-state index in [0.29, 0.717) is 11.3 Å². The molecule has 1 heterocycles. The number of rotatable bonds is 2. The molecule has 0 aliphatic heterocycles. The van der Waals surface area contributed by atoms with E-state index in [-0.39, 0.29) is 22.8 Å². The molecule has 0 unspecified atom stereocenters. The molecule has 0 atom stereocenters. The van der Waals surface area contributed by atoms with Crippen molar-refractivity contribution in [3.8, 4) is 11.6 Å². The van der Waals surface area contributed by atoms with E-state index in [2.05, 4.69) is 0 Å². The third-order valence-corrected chi connectivity index (χ3v) is 2.76. The molecular formula is C14H13NO3. The first kappa shape index (κ1) is 12.1. The number of nitrogens with zero attached hydrogens (tertiary/aromatic N) is 1. The van der Waals surface area contributed by atoms with Gasteiger partial charge in [-0.3, -0.25) is 9.59 Å². The van der Waals surface area contributed by atoms with Crippen molar-refractivity contribution >= 4 is 5.78 Å². The van der Waals surface area contributed by atoms with Crippen LogP contribution in [0.15, 0.2) is 41.2 Å². The van der Waals surface area contributed by atoms with Crippen molar-refractivity contribution in [3.63, 3.8) is 0 Å². The third kappa shape index (κ3) is 1.93. The minimum absolute atomic E-state index is 0.179. The van der Waals surface area contributed by atoms with Crippen LogP contribution in [0.1, 0.15) is 22.8 Å². The summed E-state index contributed by atoms with van der Waals surface area (Å²) in [4.78, 5) is 23.4. The highest BCUT2D eigenvalue weighted by Gasteiger charge is 2.16. The molecule has 0 aliphatic rings. The standard InChI is InChI=1S/C14H13NO3/c1-9-8-12(17)15(11-6-4-3-5-7-11)14(18)13(9)10(2)16/h3-8,18H,1-2H3. The van der Waals surface area contributed by atoms with E-state index in [1.54, 1.807) is 31.2 Å². The van der Waals surface area contributed by atoms with Gasteiger partial charge in [-0.2, -0.15) is 0 Å². The zero-order valence-electron chi connectivity index (χ0n) is 10.2. The maximum Gasteiger partial charge on any atom is 0.258 e. The van der Waals surface area contributed by atoms with Gasteiger partial charge in [0.25, 0.3) is 5.56 Å². The molecular weight excluding hydrogens is 230 g/mol. The van der Waals surface area contributed by atoms with Gasteiger partial charge in [-0.05, 0) is 31.5 Å². The molecule has 4 heteroatoms. The van der Waals surface area contributed by atoms with Gasteiger partial charge in [0.2, 0.25) is 5.88 Å². The van der Waals surface area contributed by atoms with Crippen LogP contribution in [0.3, 0.4) is 0 Å². The molecule has 0 aliphatic carbocycles. The number of benzene rings is 1. The maximum absolute atomic E-state index is 11.9. The summed E-state index contributed by atoms with van der Waals surface area (Å²) in [6, 6.07) is 10.1. The van der Waals surface area contributed by atoms with E-state index in [0.717, 1.165) is 4.57 Å². The van der Waals surface area contributed by atoms with Crippen molar-refractivity contribution in [3.05, 3.63) is 57.9 Å². The molecule has 2 rings (SSSR count). The van der Waals surface area contributed by atoms with Gasteiger partial charge in [0.15, 0.2) is 5.78 Å². The number of aromatic hydroxyl groups is 1. The van der Waals surface area contributed by atoms with Crippen molar-refractivity contribution in [1.82, 2.24) is 4.57 Å². The molecule has 1 N–H and O–H groups in total. The van der Waals surface area contributed by atoms with Crippen LogP contribution in [0.4, 0.5) is 0 Å². The lowest BCUT2D eigenvalue weighted by molar-refractivity contribution is 0.101. The quantitative estimate of drug-likeness (QED) is 0.821. The van der Waals surface area contributed by atoms with Crippen LogP contribution in [-0.4, -0.2) is 15.5 Å². The smallest absolute Gasteiger partial charge is 0.258 e. The Hall–Kier alpha value is -2.36. The van der Waals surface area contributed by atoms with E-state index in [9.17, 15) is 14.7 Å². The molecule has 1 aromatic carbocycles. The van der Waals surface area contributed by atoms with Crippen LogP contribution in [0.5, 0.6) is 5.88 Å². The summed E-state index contributed by atoms with van der Waals surface area (Å²) in [5, 5.41) is 10.1. The van der Waals surface area contributed by atoms with Gasteiger partial charge in [-0.25, -0.2) is 4.57 Å². The van der Waals surface area contributed by atoms with Gasteiger partial charge in [-0.1, -0.05) is 18.2 Å². The van der Waals surface area contributed by atoms with Crippen LogP contribution in [0.2, 0.25) is 0 Å². The number of pyridine rings is 1. The van der Waals surface area contributed by atoms with E-state index in [1.807, 2.05) is 6.07 Å². The molecule has 0 fully saturated rings. The Labute approximate surface area is 104 Å². The zero-order valence-corrected chi connectivity index (χ0v) is 10.2. The molecule has 0 bridgehead atoms. The molecule has 0 saturated heterocycles. The second-order valence-electron chi connectivity index (χ2n) is 4.09. The second-order valence-corrected chi connectivity index (χ2v) is 4.09. The predicted octanol–water partition coefficient (Wildman–Crippen LogP) is 2.05. The predicted molar refractivity (Wildman–Crippen MR) is 68.4 cm³/mol. The van der Waals surface area contributed by atoms with Crippen LogP contribution in [0, 0.1) is 6.92 Å². The minimum Gasteiger partial charge on any atom is -0.494 e. The van der Waals surface area contributed by atoms with Gasteiger partial charge in [-0.15, -0.1) is 0 Å². The third-order valence-electron chi connectivity index (χ3n) is 2.76. The maximum atomic E-state index is 11.9. The molecule has 0 spiro atoms. The summed E-state index contributed by atoms with van der Waals surface area (Å²) < 4.78 is 1.13. The largest absolute Gasteiger partial charge is 0.494 e. The summed E-state index contributed by atoms with van der Waals surface area (Å²) in [6.07, 6.45) is 0. The zero-order chi connectivity index (χ0) is 13.3. The highest BCUT2D eigenvalue weighted by atomic mass is 16.3. The molecule has 0 amide bonds. The molecule has 0 radical (unpaired) electrons. The summed E-state index contributed by atoms with van der Waals surface area (Å²) in [7, 11) is 0. The Morgan fingerprint density at radius 1 is 1.22 bits per heavy atom.